The second-order valence-electron chi connectivity index (χ2n) is 6.00. The first-order chi connectivity index (χ1) is 12.2. The highest BCUT2D eigenvalue weighted by Crippen LogP contribution is 2.42. The first-order valence-electron chi connectivity index (χ1n) is 8.10. The largest absolute Gasteiger partial charge is 0.311 e. The molecule has 0 spiro atoms. The van der Waals surface area contributed by atoms with Crippen LogP contribution in [0.15, 0.2) is 78.9 Å². The Morgan fingerprint density at radius 1 is 0.800 bits per heavy atom. The number of likely N-dealkylation sites (N-methyl/N-ethyl adjacent to an activating group) is 1. The maximum atomic E-state index is 13.1. The Morgan fingerprint density at radius 3 is 2.12 bits per heavy atom. The molecule has 122 valence electrons. The van der Waals surface area contributed by atoms with Crippen LogP contribution in [0.1, 0.15) is 16.7 Å². The molecule has 0 fully saturated rings. The van der Waals surface area contributed by atoms with Crippen LogP contribution in [-0.2, 0) is 4.79 Å². The molecule has 1 aliphatic heterocycles. The van der Waals surface area contributed by atoms with Gasteiger partial charge in [-0.05, 0) is 29.3 Å². The van der Waals surface area contributed by atoms with Gasteiger partial charge in [0.05, 0.1) is 11.3 Å². The number of halogens is 1. The van der Waals surface area contributed by atoms with E-state index in [-0.39, 0.29) is 5.91 Å². The quantitative estimate of drug-likeness (QED) is 0.579. The second kappa shape index (κ2) is 6.23. The summed E-state index contributed by atoms with van der Waals surface area (Å²) in [5.41, 5.74) is 5.54. The Labute approximate surface area is 152 Å². The lowest BCUT2D eigenvalue weighted by Gasteiger charge is -2.13. The number of hydrogen-bond acceptors (Lipinski definition) is 1. The summed E-state index contributed by atoms with van der Waals surface area (Å²) in [6.45, 7) is 0. The Balaban J connectivity index is 2.06. The molecule has 3 aromatic carbocycles. The van der Waals surface area contributed by atoms with Crippen molar-refractivity contribution in [2.24, 2.45) is 0 Å². The van der Waals surface area contributed by atoms with E-state index in [1.807, 2.05) is 85.9 Å². The van der Waals surface area contributed by atoms with Crippen molar-refractivity contribution in [3.8, 4) is 0 Å². The topological polar surface area (TPSA) is 20.3 Å². The molecular weight excluding hydrogens is 330 g/mol. The number of rotatable bonds is 2. The van der Waals surface area contributed by atoms with Crippen LogP contribution in [-0.4, -0.2) is 13.0 Å². The fourth-order valence-electron chi connectivity index (χ4n) is 3.29. The van der Waals surface area contributed by atoms with Crippen LogP contribution in [0, 0.1) is 0 Å². The van der Waals surface area contributed by atoms with Crippen molar-refractivity contribution < 1.29 is 4.79 Å². The highest BCUT2D eigenvalue weighted by molar-refractivity contribution is 6.38. The van der Waals surface area contributed by atoms with Gasteiger partial charge in [0.25, 0.3) is 5.91 Å². The van der Waals surface area contributed by atoms with Crippen LogP contribution in [0.2, 0.25) is 5.02 Å². The van der Waals surface area contributed by atoms with Gasteiger partial charge >= 0.3 is 0 Å². The minimum atomic E-state index is 0.00926. The molecule has 0 aromatic heterocycles. The van der Waals surface area contributed by atoms with Gasteiger partial charge in [-0.1, -0.05) is 72.3 Å². The molecule has 0 bridgehead atoms. The van der Waals surface area contributed by atoms with Crippen LogP contribution in [0.25, 0.3) is 11.1 Å². The second-order valence-corrected chi connectivity index (χ2v) is 6.44. The van der Waals surface area contributed by atoms with E-state index in [4.69, 9.17) is 11.6 Å². The van der Waals surface area contributed by atoms with Gasteiger partial charge in [0.15, 0.2) is 0 Å². The highest BCUT2D eigenvalue weighted by Gasteiger charge is 2.32. The first-order valence-corrected chi connectivity index (χ1v) is 8.47. The van der Waals surface area contributed by atoms with Crippen molar-refractivity contribution in [1.29, 1.82) is 0 Å². The predicted octanol–water partition coefficient (Wildman–Crippen LogP) is 5.28. The van der Waals surface area contributed by atoms with Gasteiger partial charge in [-0.25, -0.2) is 0 Å². The number of hydrogen-bond donors (Lipinski definition) is 0. The van der Waals surface area contributed by atoms with Crippen molar-refractivity contribution in [2.45, 2.75) is 0 Å². The SMILES string of the molecule is CN1C(=O)/C(=C(\c2ccccc2)c2ccc(Cl)cc2)c2ccccc21. The van der Waals surface area contributed by atoms with Gasteiger partial charge in [-0.2, -0.15) is 0 Å². The van der Waals surface area contributed by atoms with Gasteiger partial charge in [0.2, 0.25) is 0 Å². The summed E-state index contributed by atoms with van der Waals surface area (Å²) >= 11 is 6.06. The number of para-hydroxylation sites is 1. The highest BCUT2D eigenvalue weighted by atomic mass is 35.5. The fourth-order valence-corrected chi connectivity index (χ4v) is 3.41. The minimum absolute atomic E-state index is 0.00926. The van der Waals surface area contributed by atoms with Crippen LogP contribution < -0.4 is 4.90 Å². The zero-order valence-electron chi connectivity index (χ0n) is 13.7. The summed E-state index contributed by atoms with van der Waals surface area (Å²) in [6, 6.07) is 25.6. The van der Waals surface area contributed by atoms with Crippen LogP contribution in [0.3, 0.4) is 0 Å². The fraction of sp³-hybridized carbons (Fsp3) is 0.0455. The number of fused-ring (bicyclic) bond motifs is 1. The third kappa shape index (κ3) is 2.65. The van der Waals surface area contributed by atoms with E-state index in [9.17, 15) is 4.79 Å². The molecule has 0 saturated heterocycles. The Bertz CT molecular complexity index is 974. The average molecular weight is 346 g/mol. The summed E-state index contributed by atoms with van der Waals surface area (Å²) in [7, 11) is 1.82. The lowest BCUT2D eigenvalue weighted by atomic mass is 9.90. The van der Waals surface area contributed by atoms with E-state index >= 15 is 0 Å². The molecule has 2 nitrogen and oxygen atoms in total. The third-order valence-corrected chi connectivity index (χ3v) is 4.75. The van der Waals surface area contributed by atoms with E-state index in [1.54, 1.807) is 4.90 Å². The summed E-state index contributed by atoms with van der Waals surface area (Å²) in [5, 5.41) is 0.677. The molecule has 1 amide bonds. The lowest BCUT2D eigenvalue weighted by Crippen LogP contribution is -2.20. The van der Waals surface area contributed by atoms with Crippen molar-refractivity contribution >= 4 is 34.3 Å². The molecule has 3 aromatic rings. The number of carbonyl (C=O) groups excluding carboxylic acids is 1. The number of nitrogens with zero attached hydrogens (tertiary/aromatic N) is 1. The Hall–Kier alpha value is -2.84. The molecule has 25 heavy (non-hydrogen) atoms. The normalized spacial score (nSPS) is 15.3. The maximum absolute atomic E-state index is 13.1. The molecule has 0 unspecified atom stereocenters. The van der Waals surface area contributed by atoms with Crippen LogP contribution in [0.4, 0.5) is 5.69 Å². The van der Waals surface area contributed by atoms with Crippen molar-refractivity contribution in [2.75, 3.05) is 11.9 Å². The predicted molar refractivity (Wildman–Crippen MR) is 104 cm³/mol. The van der Waals surface area contributed by atoms with Crippen molar-refractivity contribution in [3.05, 3.63) is 101 Å². The van der Waals surface area contributed by atoms with Crippen molar-refractivity contribution in [3.63, 3.8) is 0 Å². The standard InChI is InChI=1S/C22H16ClNO/c1-24-19-10-6-5-9-18(19)21(22(24)25)20(15-7-3-2-4-8-15)16-11-13-17(23)14-12-16/h2-14H,1H3/b21-20+. The van der Waals surface area contributed by atoms with Gasteiger partial charge < -0.3 is 4.90 Å². The third-order valence-electron chi connectivity index (χ3n) is 4.50. The number of benzene rings is 3. The Morgan fingerprint density at radius 2 is 1.40 bits per heavy atom. The lowest BCUT2D eigenvalue weighted by molar-refractivity contribution is -0.112. The van der Waals surface area contributed by atoms with E-state index in [0.29, 0.717) is 5.02 Å². The summed E-state index contributed by atoms with van der Waals surface area (Å²) in [4.78, 5) is 14.8. The average Bonchev–Trinajstić information content (AvgIpc) is 2.90. The van der Waals surface area contributed by atoms with E-state index in [0.717, 1.165) is 33.5 Å². The number of carbonyl (C=O) groups is 1. The van der Waals surface area contributed by atoms with Gasteiger partial charge in [-0.15, -0.1) is 0 Å². The zero-order chi connectivity index (χ0) is 17.4. The summed E-state index contributed by atoms with van der Waals surface area (Å²) in [6.07, 6.45) is 0. The van der Waals surface area contributed by atoms with Gasteiger partial charge in [-0.3, -0.25) is 4.79 Å². The summed E-state index contributed by atoms with van der Waals surface area (Å²) in [5.74, 6) is 0.00926. The van der Waals surface area contributed by atoms with E-state index < -0.39 is 0 Å². The molecule has 0 aliphatic carbocycles. The van der Waals surface area contributed by atoms with E-state index in [2.05, 4.69) is 0 Å². The molecule has 0 radical (unpaired) electrons. The maximum Gasteiger partial charge on any atom is 0.259 e. The number of amides is 1. The molecular formula is C22H16ClNO. The smallest absolute Gasteiger partial charge is 0.259 e. The van der Waals surface area contributed by atoms with Gasteiger partial charge in [0, 0.05) is 23.2 Å². The van der Waals surface area contributed by atoms with Crippen LogP contribution in [0.5, 0.6) is 0 Å². The molecule has 0 saturated carbocycles. The molecule has 4 rings (SSSR count). The summed E-state index contributed by atoms with van der Waals surface area (Å²) < 4.78 is 0. The molecule has 0 N–H and O–H groups in total. The molecule has 3 heteroatoms. The molecule has 0 atom stereocenters. The molecule has 1 heterocycles. The molecule has 1 aliphatic rings. The number of anilines is 1. The van der Waals surface area contributed by atoms with Gasteiger partial charge in [0.1, 0.15) is 0 Å². The first kappa shape index (κ1) is 15.7. The Kier molecular flexibility index (Phi) is 3.90. The minimum Gasteiger partial charge on any atom is -0.311 e. The van der Waals surface area contributed by atoms with Crippen LogP contribution >= 0.6 is 11.6 Å². The monoisotopic (exact) mass is 345 g/mol. The van der Waals surface area contributed by atoms with Crippen molar-refractivity contribution in [1.82, 2.24) is 0 Å². The van der Waals surface area contributed by atoms with E-state index in [1.165, 1.54) is 0 Å². The zero-order valence-corrected chi connectivity index (χ0v) is 14.5.